The van der Waals surface area contributed by atoms with E-state index < -0.39 is 0 Å². The van der Waals surface area contributed by atoms with E-state index in [9.17, 15) is 4.79 Å². The van der Waals surface area contributed by atoms with Crippen LogP contribution in [0.3, 0.4) is 0 Å². The van der Waals surface area contributed by atoms with E-state index in [1.807, 2.05) is 73.5 Å². The Hall–Kier alpha value is -2.33. The number of hydrogen-bond acceptors (Lipinski definition) is 3. The first-order valence-corrected chi connectivity index (χ1v) is 6.98. The molecule has 0 aliphatic carbocycles. The lowest BCUT2D eigenvalue weighted by molar-refractivity contribution is -0.114. The van der Waals surface area contributed by atoms with Crippen molar-refractivity contribution < 1.29 is 4.79 Å². The lowest BCUT2D eigenvalue weighted by Crippen LogP contribution is -2.30. The number of anilines is 2. The van der Waals surface area contributed by atoms with E-state index in [0.717, 1.165) is 16.9 Å². The maximum absolute atomic E-state index is 12.1. The third-order valence-corrected chi connectivity index (χ3v) is 3.27. The lowest BCUT2D eigenvalue weighted by atomic mass is 10.1. The number of carbonyl (C=O) groups excluding carboxylic acids is 1. The van der Waals surface area contributed by atoms with E-state index in [2.05, 4.69) is 5.32 Å². The van der Waals surface area contributed by atoms with Crippen molar-refractivity contribution in [3.63, 3.8) is 0 Å². The smallest absolute Gasteiger partial charge is 0.243 e. The average molecular weight is 283 g/mol. The largest absolute Gasteiger partial charge is 0.365 e. The summed E-state index contributed by atoms with van der Waals surface area (Å²) in [6.45, 7) is 2.22. The van der Waals surface area contributed by atoms with Crippen LogP contribution in [-0.4, -0.2) is 19.5 Å². The molecule has 4 nitrogen and oxygen atoms in total. The van der Waals surface area contributed by atoms with Crippen LogP contribution in [0.5, 0.6) is 0 Å². The fourth-order valence-corrected chi connectivity index (χ4v) is 2.09. The molecule has 0 aliphatic rings. The molecule has 0 saturated carbocycles. The fourth-order valence-electron chi connectivity index (χ4n) is 2.09. The Morgan fingerprint density at radius 1 is 1.19 bits per heavy atom. The predicted molar refractivity (Wildman–Crippen MR) is 87.4 cm³/mol. The van der Waals surface area contributed by atoms with Crippen LogP contribution in [0.15, 0.2) is 54.6 Å². The van der Waals surface area contributed by atoms with Crippen LogP contribution in [0, 0.1) is 0 Å². The van der Waals surface area contributed by atoms with Gasteiger partial charge in [-0.15, -0.1) is 0 Å². The second-order valence-electron chi connectivity index (χ2n) is 5.15. The minimum Gasteiger partial charge on any atom is -0.365 e. The number of nitrogens with two attached hydrogens (primary N) is 1. The van der Waals surface area contributed by atoms with E-state index in [1.165, 1.54) is 0 Å². The Bertz CT molecular complexity index is 596. The molecule has 0 bridgehead atoms. The van der Waals surface area contributed by atoms with E-state index in [-0.39, 0.29) is 11.9 Å². The number of rotatable bonds is 5. The quantitative estimate of drug-likeness (QED) is 0.887. The van der Waals surface area contributed by atoms with Crippen molar-refractivity contribution in [1.29, 1.82) is 0 Å². The molecule has 1 unspecified atom stereocenters. The topological polar surface area (TPSA) is 58.4 Å². The van der Waals surface area contributed by atoms with Crippen LogP contribution in [-0.2, 0) is 4.79 Å². The monoisotopic (exact) mass is 283 g/mol. The van der Waals surface area contributed by atoms with Gasteiger partial charge in [0.15, 0.2) is 0 Å². The Morgan fingerprint density at radius 2 is 1.90 bits per heavy atom. The lowest BCUT2D eigenvalue weighted by Gasteiger charge is -2.18. The second kappa shape index (κ2) is 6.90. The normalized spacial score (nSPS) is 11.8. The molecule has 0 aliphatic heterocycles. The first kappa shape index (κ1) is 15.1. The van der Waals surface area contributed by atoms with Crippen molar-refractivity contribution >= 4 is 17.3 Å². The SMILES string of the molecule is CC(N)c1cccc(NC(=O)CN(C)c2ccccc2)c1. The van der Waals surface area contributed by atoms with Crippen molar-refractivity contribution in [2.24, 2.45) is 5.73 Å². The Balaban J connectivity index is 1.97. The summed E-state index contributed by atoms with van der Waals surface area (Å²) in [4.78, 5) is 14.0. The molecule has 3 N–H and O–H groups in total. The summed E-state index contributed by atoms with van der Waals surface area (Å²) in [7, 11) is 1.90. The van der Waals surface area contributed by atoms with E-state index in [0.29, 0.717) is 6.54 Å². The number of amides is 1. The number of nitrogens with one attached hydrogen (secondary N) is 1. The molecule has 0 fully saturated rings. The maximum Gasteiger partial charge on any atom is 0.243 e. The molecule has 1 amide bonds. The molecule has 0 radical (unpaired) electrons. The summed E-state index contributed by atoms with van der Waals surface area (Å²) < 4.78 is 0. The van der Waals surface area contributed by atoms with Crippen molar-refractivity contribution in [2.75, 3.05) is 23.8 Å². The molecular weight excluding hydrogens is 262 g/mol. The zero-order valence-electron chi connectivity index (χ0n) is 12.4. The molecule has 1 atom stereocenters. The minimum atomic E-state index is -0.0526. The predicted octanol–water partition coefficient (Wildman–Crippen LogP) is 2.78. The molecule has 0 spiro atoms. The Labute approximate surface area is 125 Å². The van der Waals surface area contributed by atoms with E-state index in [1.54, 1.807) is 0 Å². The van der Waals surface area contributed by atoms with E-state index >= 15 is 0 Å². The summed E-state index contributed by atoms with van der Waals surface area (Å²) in [5.74, 6) is -0.0526. The summed E-state index contributed by atoms with van der Waals surface area (Å²) >= 11 is 0. The van der Waals surface area contributed by atoms with Crippen LogP contribution < -0.4 is 16.0 Å². The Morgan fingerprint density at radius 3 is 2.57 bits per heavy atom. The first-order valence-electron chi connectivity index (χ1n) is 6.98. The highest BCUT2D eigenvalue weighted by atomic mass is 16.2. The highest BCUT2D eigenvalue weighted by Gasteiger charge is 2.08. The number of para-hydroxylation sites is 1. The second-order valence-corrected chi connectivity index (χ2v) is 5.15. The zero-order chi connectivity index (χ0) is 15.2. The average Bonchev–Trinajstić information content (AvgIpc) is 2.48. The molecule has 0 saturated heterocycles. The highest BCUT2D eigenvalue weighted by molar-refractivity contribution is 5.94. The van der Waals surface area contributed by atoms with E-state index in [4.69, 9.17) is 5.73 Å². The van der Waals surface area contributed by atoms with Crippen LogP contribution in [0.4, 0.5) is 11.4 Å². The van der Waals surface area contributed by atoms with Crippen molar-refractivity contribution in [1.82, 2.24) is 0 Å². The number of nitrogens with zero attached hydrogens (tertiary/aromatic N) is 1. The van der Waals surface area contributed by atoms with Gasteiger partial charge in [0, 0.05) is 24.5 Å². The third-order valence-electron chi connectivity index (χ3n) is 3.27. The van der Waals surface area contributed by atoms with Gasteiger partial charge in [0.2, 0.25) is 5.91 Å². The number of hydrogen-bond donors (Lipinski definition) is 2. The third kappa shape index (κ3) is 4.33. The maximum atomic E-state index is 12.1. The molecule has 0 aromatic heterocycles. The standard InChI is InChI=1S/C17H21N3O/c1-13(18)14-7-6-8-15(11-14)19-17(21)12-20(2)16-9-4-3-5-10-16/h3-11,13H,12,18H2,1-2H3,(H,19,21). The number of likely N-dealkylation sites (N-methyl/N-ethyl adjacent to an activating group) is 1. The van der Waals surface area contributed by atoms with Gasteiger partial charge in [0.25, 0.3) is 0 Å². The van der Waals surface area contributed by atoms with Crippen LogP contribution in [0.1, 0.15) is 18.5 Å². The van der Waals surface area contributed by atoms with Crippen molar-refractivity contribution in [2.45, 2.75) is 13.0 Å². The van der Waals surface area contributed by atoms with Gasteiger partial charge in [-0.1, -0.05) is 30.3 Å². The number of carbonyl (C=O) groups is 1. The van der Waals surface area contributed by atoms with Gasteiger partial charge in [0.05, 0.1) is 6.54 Å². The number of benzene rings is 2. The van der Waals surface area contributed by atoms with Crippen LogP contribution in [0.2, 0.25) is 0 Å². The molecule has 4 heteroatoms. The van der Waals surface area contributed by atoms with Gasteiger partial charge in [-0.05, 0) is 36.8 Å². The highest BCUT2D eigenvalue weighted by Crippen LogP contribution is 2.16. The van der Waals surface area contributed by atoms with Gasteiger partial charge in [-0.25, -0.2) is 0 Å². The molecular formula is C17H21N3O. The van der Waals surface area contributed by atoms with Crippen LogP contribution >= 0.6 is 0 Å². The first-order chi connectivity index (χ1) is 10.1. The summed E-state index contributed by atoms with van der Waals surface area (Å²) in [6, 6.07) is 17.4. The molecule has 2 rings (SSSR count). The van der Waals surface area contributed by atoms with Crippen molar-refractivity contribution in [3.05, 3.63) is 60.2 Å². The van der Waals surface area contributed by atoms with Crippen LogP contribution in [0.25, 0.3) is 0 Å². The van der Waals surface area contributed by atoms with Gasteiger partial charge >= 0.3 is 0 Å². The van der Waals surface area contributed by atoms with Gasteiger partial charge in [-0.3, -0.25) is 4.79 Å². The molecule has 110 valence electrons. The molecule has 2 aromatic rings. The van der Waals surface area contributed by atoms with Gasteiger partial charge < -0.3 is 16.0 Å². The molecule has 0 heterocycles. The molecule has 2 aromatic carbocycles. The fraction of sp³-hybridized carbons (Fsp3) is 0.235. The van der Waals surface area contributed by atoms with Crippen molar-refractivity contribution in [3.8, 4) is 0 Å². The molecule has 21 heavy (non-hydrogen) atoms. The summed E-state index contributed by atoms with van der Waals surface area (Å²) in [6.07, 6.45) is 0. The minimum absolute atomic E-state index is 0.0474. The summed E-state index contributed by atoms with van der Waals surface area (Å²) in [5.41, 5.74) is 8.64. The summed E-state index contributed by atoms with van der Waals surface area (Å²) in [5, 5.41) is 2.90. The van der Waals surface area contributed by atoms with Gasteiger partial charge in [0.1, 0.15) is 0 Å². The van der Waals surface area contributed by atoms with Gasteiger partial charge in [-0.2, -0.15) is 0 Å². The Kier molecular flexibility index (Phi) is 4.95. The zero-order valence-corrected chi connectivity index (χ0v) is 12.4.